The van der Waals surface area contributed by atoms with Crippen LogP contribution in [0.2, 0.25) is 0 Å². The van der Waals surface area contributed by atoms with E-state index in [1.165, 1.54) is 0 Å². The van der Waals surface area contributed by atoms with Crippen LogP contribution in [0.4, 0.5) is 5.82 Å². The van der Waals surface area contributed by atoms with Crippen molar-refractivity contribution in [2.75, 3.05) is 5.32 Å². The van der Waals surface area contributed by atoms with Crippen molar-refractivity contribution in [1.82, 2.24) is 4.98 Å². The van der Waals surface area contributed by atoms with Crippen molar-refractivity contribution in [2.45, 2.75) is 13.8 Å². The SMILES string of the molecule is Cc1coc(C)c1C(=O)Nc1ccccn1. The van der Waals surface area contributed by atoms with Gasteiger partial charge in [0.1, 0.15) is 11.6 Å². The van der Waals surface area contributed by atoms with Gasteiger partial charge in [-0.2, -0.15) is 0 Å². The molecule has 16 heavy (non-hydrogen) atoms. The molecule has 0 fully saturated rings. The number of carbonyl (C=O) groups is 1. The predicted molar refractivity (Wildman–Crippen MR) is 60.4 cm³/mol. The Labute approximate surface area is 93.3 Å². The molecule has 0 unspecified atom stereocenters. The molecule has 0 atom stereocenters. The highest BCUT2D eigenvalue weighted by atomic mass is 16.3. The van der Waals surface area contributed by atoms with Crippen LogP contribution in [0.15, 0.2) is 35.1 Å². The van der Waals surface area contributed by atoms with Crippen LogP contribution in [0.1, 0.15) is 21.7 Å². The molecule has 82 valence electrons. The number of hydrogen-bond donors (Lipinski definition) is 1. The van der Waals surface area contributed by atoms with E-state index in [1.807, 2.05) is 13.0 Å². The number of aromatic nitrogens is 1. The fourth-order valence-corrected chi connectivity index (χ4v) is 1.53. The quantitative estimate of drug-likeness (QED) is 0.839. The van der Waals surface area contributed by atoms with Crippen molar-refractivity contribution in [3.05, 3.63) is 47.5 Å². The highest BCUT2D eigenvalue weighted by Gasteiger charge is 2.15. The van der Waals surface area contributed by atoms with Gasteiger partial charge in [0.15, 0.2) is 0 Å². The molecule has 0 aliphatic rings. The van der Waals surface area contributed by atoms with Crippen LogP contribution >= 0.6 is 0 Å². The van der Waals surface area contributed by atoms with Crippen LogP contribution < -0.4 is 5.32 Å². The van der Waals surface area contributed by atoms with Gasteiger partial charge in [-0.3, -0.25) is 4.79 Å². The van der Waals surface area contributed by atoms with E-state index in [0.717, 1.165) is 5.56 Å². The van der Waals surface area contributed by atoms with E-state index < -0.39 is 0 Å². The lowest BCUT2D eigenvalue weighted by atomic mass is 10.1. The molecule has 1 N–H and O–H groups in total. The van der Waals surface area contributed by atoms with Crippen molar-refractivity contribution in [3.63, 3.8) is 0 Å². The Morgan fingerprint density at radius 2 is 2.19 bits per heavy atom. The number of nitrogens with one attached hydrogen (secondary N) is 1. The molecule has 4 heteroatoms. The Kier molecular flexibility index (Phi) is 2.72. The summed E-state index contributed by atoms with van der Waals surface area (Å²) in [4.78, 5) is 15.9. The van der Waals surface area contributed by atoms with E-state index in [0.29, 0.717) is 17.1 Å². The van der Waals surface area contributed by atoms with Crippen molar-refractivity contribution in [2.24, 2.45) is 0 Å². The summed E-state index contributed by atoms with van der Waals surface area (Å²) in [5.41, 5.74) is 1.40. The van der Waals surface area contributed by atoms with Gasteiger partial charge in [0.25, 0.3) is 5.91 Å². The Balaban J connectivity index is 2.22. The summed E-state index contributed by atoms with van der Waals surface area (Å²) < 4.78 is 5.17. The Morgan fingerprint density at radius 3 is 2.75 bits per heavy atom. The molecule has 0 saturated heterocycles. The Bertz CT molecular complexity index is 483. The lowest BCUT2D eigenvalue weighted by molar-refractivity contribution is 0.102. The standard InChI is InChI=1S/C12H12N2O2/c1-8-7-16-9(2)11(8)12(15)14-10-5-3-4-6-13-10/h3-7H,1-2H3,(H,13,14,15). The number of furan rings is 1. The molecule has 2 heterocycles. The van der Waals surface area contributed by atoms with Crippen LogP contribution in [0.25, 0.3) is 0 Å². The summed E-state index contributed by atoms with van der Waals surface area (Å²) in [6, 6.07) is 5.35. The van der Waals surface area contributed by atoms with Gasteiger partial charge < -0.3 is 9.73 Å². The van der Waals surface area contributed by atoms with Gasteiger partial charge in [-0.1, -0.05) is 6.07 Å². The Hall–Kier alpha value is -2.10. The molecule has 1 amide bonds. The first-order chi connectivity index (χ1) is 7.68. The molecule has 2 rings (SSSR count). The molecular formula is C12H12N2O2. The van der Waals surface area contributed by atoms with Crippen molar-refractivity contribution >= 4 is 11.7 Å². The van der Waals surface area contributed by atoms with Gasteiger partial charge in [0, 0.05) is 11.8 Å². The summed E-state index contributed by atoms with van der Waals surface area (Å²) >= 11 is 0. The molecule has 2 aromatic heterocycles. The average Bonchev–Trinajstić information content (AvgIpc) is 2.60. The van der Waals surface area contributed by atoms with Crippen molar-refractivity contribution in [1.29, 1.82) is 0 Å². The first-order valence-corrected chi connectivity index (χ1v) is 4.95. The van der Waals surface area contributed by atoms with Gasteiger partial charge in [-0.25, -0.2) is 4.98 Å². The molecule has 4 nitrogen and oxygen atoms in total. The molecule has 0 spiro atoms. The van der Waals surface area contributed by atoms with E-state index in [4.69, 9.17) is 4.42 Å². The molecule has 0 aromatic carbocycles. The van der Waals surface area contributed by atoms with Gasteiger partial charge in [-0.15, -0.1) is 0 Å². The van der Waals surface area contributed by atoms with Crippen LogP contribution in [0.3, 0.4) is 0 Å². The largest absolute Gasteiger partial charge is 0.469 e. The fourth-order valence-electron chi connectivity index (χ4n) is 1.53. The maximum absolute atomic E-state index is 11.9. The second-order valence-electron chi connectivity index (χ2n) is 3.52. The van der Waals surface area contributed by atoms with Crippen LogP contribution in [-0.4, -0.2) is 10.9 Å². The lowest BCUT2D eigenvalue weighted by Crippen LogP contribution is -2.14. The lowest BCUT2D eigenvalue weighted by Gasteiger charge is -2.03. The van der Waals surface area contributed by atoms with E-state index in [1.54, 1.807) is 31.5 Å². The van der Waals surface area contributed by atoms with Crippen LogP contribution in [0, 0.1) is 13.8 Å². The molecular weight excluding hydrogens is 204 g/mol. The number of nitrogens with zero attached hydrogens (tertiary/aromatic N) is 1. The van der Waals surface area contributed by atoms with E-state index in [9.17, 15) is 4.79 Å². The molecule has 0 radical (unpaired) electrons. The molecule has 0 saturated carbocycles. The smallest absolute Gasteiger partial charge is 0.260 e. The summed E-state index contributed by atoms with van der Waals surface area (Å²) in [6.45, 7) is 3.60. The normalized spacial score (nSPS) is 10.1. The number of aryl methyl sites for hydroxylation is 2. The van der Waals surface area contributed by atoms with Gasteiger partial charge in [0.2, 0.25) is 0 Å². The number of pyridine rings is 1. The monoisotopic (exact) mass is 216 g/mol. The van der Waals surface area contributed by atoms with E-state index in [2.05, 4.69) is 10.3 Å². The first kappa shape index (κ1) is 10.4. The van der Waals surface area contributed by atoms with Crippen molar-refractivity contribution < 1.29 is 9.21 Å². The number of amides is 1. The van der Waals surface area contributed by atoms with Crippen LogP contribution in [0.5, 0.6) is 0 Å². The minimum absolute atomic E-state index is 0.192. The molecule has 0 aliphatic carbocycles. The van der Waals surface area contributed by atoms with Gasteiger partial charge in [-0.05, 0) is 26.0 Å². The minimum Gasteiger partial charge on any atom is -0.469 e. The third-order valence-electron chi connectivity index (χ3n) is 2.29. The number of rotatable bonds is 2. The first-order valence-electron chi connectivity index (χ1n) is 4.95. The highest BCUT2D eigenvalue weighted by Crippen LogP contribution is 2.16. The zero-order valence-electron chi connectivity index (χ0n) is 9.15. The summed E-state index contributed by atoms with van der Waals surface area (Å²) in [5, 5.41) is 2.72. The third kappa shape index (κ3) is 1.95. The topological polar surface area (TPSA) is 55.1 Å². The predicted octanol–water partition coefficient (Wildman–Crippen LogP) is 2.54. The average molecular weight is 216 g/mol. The third-order valence-corrected chi connectivity index (χ3v) is 2.29. The molecule has 0 bridgehead atoms. The summed E-state index contributed by atoms with van der Waals surface area (Å²) in [6.07, 6.45) is 3.20. The molecule has 2 aromatic rings. The highest BCUT2D eigenvalue weighted by molar-refractivity contribution is 6.05. The maximum atomic E-state index is 11.9. The zero-order chi connectivity index (χ0) is 11.5. The fraction of sp³-hybridized carbons (Fsp3) is 0.167. The maximum Gasteiger partial charge on any atom is 0.260 e. The number of carbonyl (C=O) groups excluding carboxylic acids is 1. The zero-order valence-corrected chi connectivity index (χ0v) is 9.15. The number of anilines is 1. The van der Waals surface area contributed by atoms with Crippen LogP contribution in [-0.2, 0) is 0 Å². The van der Waals surface area contributed by atoms with Crippen molar-refractivity contribution in [3.8, 4) is 0 Å². The van der Waals surface area contributed by atoms with E-state index in [-0.39, 0.29) is 5.91 Å². The van der Waals surface area contributed by atoms with Gasteiger partial charge >= 0.3 is 0 Å². The number of hydrogen-bond acceptors (Lipinski definition) is 3. The summed E-state index contributed by atoms with van der Waals surface area (Å²) in [7, 11) is 0. The van der Waals surface area contributed by atoms with E-state index >= 15 is 0 Å². The van der Waals surface area contributed by atoms with Gasteiger partial charge in [0.05, 0.1) is 11.8 Å². The second-order valence-corrected chi connectivity index (χ2v) is 3.52. The minimum atomic E-state index is -0.192. The summed E-state index contributed by atoms with van der Waals surface area (Å²) in [5.74, 6) is 0.959. The second kappa shape index (κ2) is 4.18. The Morgan fingerprint density at radius 1 is 1.38 bits per heavy atom. The molecule has 0 aliphatic heterocycles.